The van der Waals surface area contributed by atoms with E-state index in [0.29, 0.717) is 25.5 Å². The van der Waals surface area contributed by atoms with Gasteiger partial charge in [0, 0.05) is 25.8 Å². The van der Waals surface area contributed by atoms with Gasteiger partial charge in [-0.05, 0) is 56.1 Å². The number of nitrogens with zero attached hydrogens (tertiary/aromatic N) is 3. The van der Waals surface area contributed by atoms with Crippen LogP contribution in [0.5, 0.6) is 5.75 Å². The molecular formula is C23H30N4O3. The molecule has 160 valence electrons. The van der Waals surface area contributed by atoms with Crippen LogP contribution in [0, 0.1) is 12.8 Å². The number of methoxy groups -OCH3 is 1. The van der Waals surface area contributed by atoms with Crippen LogP contribution < -0.4 is 10.1 Å². The Morgan fingerprint density at radius 3 is 2.83 bits per heavy atom. The number of carbonyl (C=O) groups is 2. The van der Waals surface area contributed by atoms with E-state index >= 15 is 0 Å². The van der Waals surface area contributed by atoms with Crippen LogP contribution in [0.2, 0.25) is 0 Å². The number of aryl methyl sites for hydroxylation is 1. The summed E-state index contributed by atoms with van der Waals surface area (Å²) in [7, 11) is 3.44. The second-order valence-electron chi connectivity index (χ2n) is 7.83. The van der Waals surface area contributed by atoms with E-state index < -0.39 is 0 Å². The molecular weight excluding hydrogens is 380 g/mol. The van der Waals surface area contributed by atoms with Crippen molar-refractivity contribution in [3.05, 3.63) is 53.7 Å². The van der Waals surface area contributed by atoms with Gasteiger partial charge in [-0.25, -0.2) is 4.98 Å². The smallest absolute Gasteiger partial charge is 0.236 e. The molecule has 30 heavy (non-hydrogen) atoms. The molecule has 0 radical (unpaired) electrons. The third-order valence-electron chi connectivity index (χ3n) is 5.35. The molecule has 0 aliphatic carbocycles. The Hall–Kier alpha value is -2.93. The van der Waals surface area contributed by atoms with E-state index in [4.69, 9.17) is 4.74 Å². The van der Waals surface area contributed by atoms with Crippen LogP contribution in [0.15, 0.2) is 42.5 Å². The lowest BCUT2D eigenvalue weighted by atomic mass is 9.97. The molecule has 1 atom stereocenters. The molecule has 0 bridgehead atoms. The molecule has 7 heteroatoms. The van der Waals surface area contributed by atoms with Crippen molar-refractivity contribution in [3.8, 4) is 5.75 Å². The van der Waals surface area contributed by atoms with Gasteiger partial charge in [-0.3, -0.25) is 14.5 Å². The maximum atomic E-state index is 12.7. The number of likely N-dealkylation sites (tertiary alicyclic amines) is 1. The monoisotopic (exact) mass is 410 g/mol. The van der Waals surface area contributed by atoms with E-state index in [-0.39, 0.29) is 17.7 Å². The van der Waals surface area contributed by atoms with Crippen molar-refractivity contribution in [1.29, 1.82) is 0 Å². The first-order valence-electron chi connectivity index (χ1n) is 10.3. The van der Waals surface area contributed by atoms with E-state index in [1.165, 1.54) is 0 Å². The summed E-state index contributed by atoms with van der Waals surface area (Å²) in [6.45, 7) is 4.13. The van der Waals surface area contributed by atoms with Gasteiger partial charge in [0.2, 0.25) is 11.8 Å². The van der Waals surface area contributed by atoms with Gasteiger partial charge in [-0.15, -0.1) is 0 Å². The number of carbonyl (C=O) groups excluding carboxylic acids is 2. The third-order valence-corrected chi connectivity index (χ3v) is 5.35. The fourth-order valence-electron chi connectivity index (χ4n) is 3.70. The molecule has 1 fully saturated rings. The highest BCUT2D eigenvalue weighted by atomic mass is 16.5. The minimum atomic E-state index is -0.141. The summed E-state index contributed by atoms with van der Waals surface area (Å²) in [5.41, 5.74) is 1.88. The standard InChI is InChI=1S/C23H30N4O3/c1-17-7-4-11-21(24-17)25-23(29)19-9-6-12-27(15-19)16-22(28)26(2)14-18-8-5-10-20(13-18)30-3/h4-5,7-8,10-11,13,19H,6,9,12,14-16H2,1-3H3,(H,24,25,29). The molecule has 1 aliphatic heterocycles. The average molecular weight is 411 g/mol. The summed E-state index contributed by atoms with van der Waals surface area (Å²) in [5, 5.41) is 2.91. The highest BCUT2D eigenvalue weighted by Crippen LogP contribution is 2.19. The minimum absolute atomic E-state index is 0.0324. The van der Waals surface area contributed by atoms with Crippen LogP contribution >= 0.6 is 0 Å². The van der Waals surface area contributed by atoms with Gasteiger partial charge in [0.1, 0.15) is 11.6 Å². The van der Waals surface area contributed by atoms with Gasteiger partial charge >= 0.3 is 0 Å². The van der Waals surface area contributed by atoms with Gasteiger partial charge in [0.05, 0.1) is 19.6 Å². The maximum absolute atomic E-state index is 12.7. The van der Waals surface area contributed by atoms with Gasteiger partial charge in [0.25, 0.3) is 0 Å². The normalized spacial score (nSPS) is 16.7. The zero-order valence-corrected chi connectivity index (χ0v) is 17.9. The van der Waals surface area contributed by atoms with Crippen molar-refractivity contribution >= 4 is 17.6 Å². The number of ether oxygens (including phenoxy) is 1. The number of aromatic nitrogens is 1. The van der Waals surface area contributed by atoms with Crippen LogP contribution in [0.1, 0.15) is 24.1 Å². The lowest BCUT2D eigenvalue weighted by Crippen LogP contribution is -2.45. The number of amides is 2. The zero-order chi connectivity index (χ0) is 21.5. The number of rotatable bonds is 7. The summed E-state index contributed by atoms with van der Waals surface area (Å²) in [6.07, 6.45) is 1.72. The second-order valence-corrected chi connectivity index (χ2v) is 7.83. The van der Waals surface area contributed by atoms with Crippen molar-refractivity contribution in [3.63, 3.8) is 0 Å². The Kier molecular flexibility index (Phi) is 7.41. The molecule has 1 aliphatic rings. The lowest BCUT2D eigenvalue weighted by molar-refractivity contribution is -0.133. The summed E-state index contributed by atoms with van der Waals surface area (Å²) in [6, 6.07) is 13.3. The van der Waals surface area contributed by atoms with E-state index in [0.717, 1.165) is 36.4 Å². The summed E-state index contributed by atoms with van der Waals surface area (Å²) in [5.74, 6) is 1.22. The predicted molar refractivity (Wildman–Crippen MR) is 116 cm³/mol. The van der Waals surface area contributed by atoms with Crippen molar-refractivity contribution in [2.24, 2.45) is 5.92 Å². The van der Waals surface area contributed by atoms with Gasteiger partial charge in [0.15, 0.2) is 0 Å². The quantitative estimate of drug-likeness (QED) is 0.760. The second kappa shape index (κ2) is 10.2. The molecule has 0 spiro atoms. The largest absolute Gasteiger partial charge is 0.497 e. The topological polar surface area (TPSA) is 74.8 Å². The molecule has 7 nitrogen and oxygen atoms in total. The van der Waals surface area contributed by atoms with E-state index in [2.05, 4.69) is 15.2 Å². The molecule has 1 unspecified atom stereocenters. The first-order valence-corrected chi connectivity index (χ1v) is 10.3. The van der Waals surface area contributed by atoms with Crippen LogP contribution in [0.3, 0.4) is 0 Å². The number of benzene rings is 1. The Labute approximate surface area is 178 Å². The first kappa shape index (κ1) is 21.8. The average Bonchev–Trinajstić information content (AvgIpc) is 2.74. The number of hydrogen-bond donors (Lipinski definition) is 1. The highest BCUT2D eigenvalue weighted by molar-refractivity contribution is 5.92. The van der Waals surface area contributed by atoms with Crippen molar-refractivity contribution in [2.45, 2.75) is 26.3 Å². The first-order chi connectivity index (χ1) is 14.4. The van der Waals surface area contributed by atoms with Crippen LogP contribution in [0.25, 0.3) is 0 Å². The van der Waals surface area contributed by atoms with Crippen molar-refractivity contribution in [1.82, 2.24) is 14.8 Å². The molecule has 1 saturated heterocycles. The van der Waals surface area contributed by atoms with Gasteiger partial charge in [-0.1, -0.05) is 18.2 Å². The van der Waals surface area contributed by atoms with E-state index in [1.54, 1.807) is 25.1 Å². The predicted octanol–water partition coefficient (Wildman–Crippen LogP) is 2.71. The Bertz CT molecular complexity index is 886. The number of piperidine rings is 1. The summed E-state index contributed by atoms with van der Waals surface area (Å²) in [4.78, 5) is 33.5. The molecule has 1 aromatic carbocycles. The molecule has 2 amide bonds. The number of anilines is 1. The minimum Gasteiger partial charge on any atom is -0.497 e. The molecule has 2 heterocycles. The molecule has 1 N–H and O–H groups in total. The Balaban J connectivity index is 1.52. The van der Waals surface area contributed by atoms with Crippen LogP contribution in [-0.2, 0) is 16.1 Å². The molecule has 2 aromatic rings. The molecule has 3 rings (SSSR count). The fourth-order valence-corrected chi connectivity index (χ4v) is 3.70. The third kappa shape index (κ3) is 6.03. The summed E-state index contributed by atoms with van der Waals surface area (Å²) >= 11 is 0. The van der Waals surface area contributed by atoms with Gasteiger partial charge < -0.3 is 15.0 Å². The van der Waals surface area contributed by atoms with Crippen LogP contribution in [-0.4, -0.2) is 60.4 Å². The fraction of sp³-hybridized carbons (Fsp3) is 0.435. The number of nitrogens with one attached hydrogen (secondary N) is 1. The van der Waals surface area contributed by atoms with E-state index in [1.807, 2.05) is 43.3 Å². The van der Waals surface area contributed by atoms with Gasteiger partial charge in [-0.2, -0.15) is 0 Å². The summed E-state index contributed by atoms with van der Waals surface area (Å²) < 4.78 is 5.25. The van der Waals surface area contributed by atoms with Crippen molar-refractivity contribution < 1.29 is 14.3 Å². The number of pyridine rings is 1. The molecule has 1 aromatic heterocycles. The Morgan fingerprint density at radius 2 is 2.07 bits per heavy atom. The lowest BCUT2D eigenvalue weighted by Gasteiger charge is -2.32. The Morgan fingerprint density at radius 1 is 1.27 bits per heavy atom. The van der Waals surface area contributed by atoms with Crippen LogP contribution in [0.4, 0.5) is 5.82 Å². The number of likely N-dealkylation sites (N-methyl/N-ethyl adjacent to an activating group) is 1. The van der Waals surface area contributed by atoms with Crippen molar-refractivity contribution in [2.75, 3.05) is 39.1 Å². The highest BCUT2D eigenvalue weighted by Gasteiger charge is 2.27. The maximum Gasteiger partial charge on any atom is 0.236 e. The van der Waals surface area contributed by atoms with E-state index in [9.17, 15) is 9.59 Å². The molecule has 0 saturated carbocycles. The number of hydrogen-bond acceptors (Lipinski definition) is 5. The SMILES string of the molecule is COc1cccc(CN(C)C(=O)CN2CCCC(C(=O)Nc3cccc(C)n3)C2)c1. The zero-order valence-electron chi connectivity index (χ0n) is 17.9.